The molecule has 0 radical (unpaired) electrons. The number of carbonyl (C=O) groups is 1. The van der Waals surface area contributed by atoms with E-state index in [4.69, 9.17) is 0 Å². The predicted octanol–water partition coefficient (Wildman–Crippen LogP) is 2.29. The van der Waals surface area contributed by atoms with Crippen molar-refractivity contribution in [3.05, 3.63) is 37.8 Å². The predicted molar refractivity (Wildman–Crippen MR) is 72.2 cm³/mol. The van der Waals surface area contributed by atoms with Crippen LogP contribution in [0.1, 0.15) is 10.5 Å². The minimum Gasteiger partial charge on any atom is -0.296 e. The van der Waals surface area contributed by atoms with Crippen LogP contribution in [-0.4, -0.2) is 20.8 Å². The zero-order valence-electron chi connectivity index (χ0n) is 7.39. The van der Waals surface area contributed by atoms with Crippen molar-refractivity contribution in [1.82, 2.24) is 14.5 Å². The van der Waals surface area contributed by atoms with E-state index in [1.165, 1.54) is 0 Å². The Kier molecular flexibility index (Phi) is 3.34. The SMILES string of the molecule is O=Cc1ncccc1-n1cnc(I)c1I. The zero-order valence-corrected chi connectivity index (χ0v) is 11.7. The van der Waals surface area contributed by atoms with Crippen LogP contribution in [0.2, 0.25) is 0 Å². The van der Waals surface area contributed by atoms with Gasteiger partial charge in [0.25, 0.3) is 0 Å². The van der Waals surface area contributed by atoms with Crippen molar-refractivity contribution < 1.29 is 4.79 Å². The number of imidazole rings is 1. The van der Waals surface area contributed by atoms with Crippen LogP contribution in [0.3, 0.4) is 0 Å². The van der Waals surface area contributed by atoms with Crippen LogP contribution in [0.15, 0.2) is 24.7 Å². The fourth-order valence-electron chi connectivity index (χ4n) is 1.18. The van der Waals surface area contributed by atoms with Gasteiger partial charge < -0.3 is 0 Å². The number of rotatable bonds is 2. The average molecular weight is 425 g/mol. The Morgan fingerprint density at radius 3 is 2.73 bits per heavy atom. The number of aldehydes is 1. The summed E-state index contributed by atoms with van der Waals surface area (Å²) in [6, 6.07) is 3.64. The summed E-state index contributed by atoms with van der Waals surface area (Å²) in [6.07, 6.45) is 4.04. The average Bonchev–Trinajstić information content (AvgIpc) is 2.60. The molecule has 0 atom stereocenters. The van der Waals surface area contributed by atoms with E-state index < -0.39 is 0 Å². The Morgan fingerprint density at radius 1 is 1.33 bits per heavy atom. The molecule has 0 aliphatic rings. The Hall–Kier alpha value is -0.510. The van der Waals surface area contributed by atoms with E-state index in [1.807, 2.05) is 10.6 Å². The molecule has 0 saturated carbocycles. The number of pyridine rings is 1. The molecular weight excluding hydrogens is 420 g/mol. The van der Waals surface area contributed by atoms with Crippen molar-refractivity contribution in [2.45, 2.75) is 0 Å². The maximum Gasteiger partial charge on any atom is 0.170 e. The van der Waals surface area contributed by atoms with E-state index in [0.29, 0.717) is 5.69 Å². The monoisotopic (exact) mass is 425 g/mol. The van der Waals surface area contributed by atoms with Gasteiger partial charge in [-0.1, -0.05) is 0 Å². The van der Waals surface area contributed by atoms with E-state index in [1.54, 1.807) is 18.6 Å². The number of halogens is 2. The highest BCUT2D eigenvalue weighted by Gasteiger charge is 2.10. The fraction of sp³-hybridized carbons (Fsp3) is 0. The van der Waals surface area contributed by atoms with Crippen molar-refractivity contribution in [2.24, 2.45) is 0 Å². The number of nitrogens with zero attached hydrogens (tertiary/aromatic N) is 3. The molecule has 0 spiro atoms. The number of hydrogen-bond acceptors (Lipinski definition) is 3. The first-order valence-corrected chi connectivity index (χ1v) is 6.18. The normalized spacial score (nSPS) is 10.3. The Balaban J connectivity index is 2.63. The third-order valence-corrected chi connectivity index (χ3v) is 4.71. The van der Waals surface area contributed by atoms with Gasteiger partial charge in [-0.05, 0) is 57.3 Å². The molecule has 0 amide bonds. The van der Waals surface area contributed by atoms with Gasteiger partial charge in [0.05, 0.1) is 5.69 Å². The third kappa shape index (κ3) is 2.05. The van der Waals surface area contributed by atoms with E-state index in [9.17, 15) is 4.79 Å². The lowest BCUT2D eigenvalue weighted by molar-refractivity contribution is 0.111. The van der Waals surface area contributed by atoms with Gasteiger partial charge in [-0.3, -0.25) is 14.3 Å². The van der Waals surface area contributed by atoms with E-state index >= 15 is 0 Å². The summed E-state index contributed by atoms with van der Waals surface area (Å²) in [5.74, 6) is 0. The maximum atomic E-state index is 10.8. The second-order valence-corrected chi connectivity index (χ2v) is 4.77. The molecule has 0 N–H and O–H groups in total. The summed E-state index contributed by atoms with van der Waals surface area (Å²) < 4.78 is 3.73. The minimum absolute atomic E-state index is 0.421. The number of carbonyl (C=O) groups excluding carboxylic acids is 1. The van der Waals surface area contributed by atoms with Crippen molar-refractivity contribution >= 4 is 51.5 Å². The quantitative estimate of drug-likeness (QED) is 0.549. The lowest BCUT2D eigenvalue weighted by Gasteiger charge is -2.05. The van der Waals surface area contributed by atoms with Gasteiger partial charge in [0.1, 0.15) is 19.4 Å². The molecule has 76 valence electrons. The fourth-order valence-corrected chi connectivity index (χ4v) is 2.09. The second-order valence-electron chi connectivity index (χ2n) is 2.72. The Labute approximate surface area is 113 Å². The lowest BCUT2D eigenvalue weighted by atomic mass is 10.3. The van der Waals surface area contributed by atoms with Gasteiger partial charge in [0, 0.05) is 6.20 Å². The smallest absolute Gasteiger partial charge is 0.170 e. The highest BCUT2D eigenvalue weighted by molar-refractivity contribution is 14.1. The van der Waals surface area contributed by atoms with Crippen LogP contribution in [0.25, 0.3) is 5.69 Å². The van der Waals surface area contributed by atoms with Gasteiger partial charge in [-0.2, -0.15) is 0 Å². The topological polar surface area (TPSA) is 47.8 Å². The van der Waals surface area contributed by atoms with Crippen LogP contribution >= 0.6 is 45.2 Å². The summed E-state index contributed by atoms with van der Waals surface area (Å²) >= 11 is 4.33. The minimum atomic E-state index is 0.421. The highest BCUT2D eigenvalue weighted by Crippen LogP contribution is 2.19. The van der Waals surface area contributed by atoms with E-state index in [0.717, 1.165) is 19.4 Å². The molecule has 0 fully saturated rings. The molecule has 2 heterocycles. The van der Waals surface area contributed by atoms with Crippen LogP contribution in [0, 0.1) is 7.40 Å². The molecular formula is C9H5I2N3O. The molecule has 0 aromatic carbocycles. The standard InChI is InChI=1S/C9H5I2N3O/c10-8-9(11)14(5-13-8)7-2-1-3-12-6(7)4-15/h1-5H. The van der Waals surface area contributed by atoms with Crippen molar-refractivity contribution in [2.75, 3.05) is 0 Å². The summed E-state index contributed by atoms with van der Waals surface area (Å²) in [7, 11) is 0. The second kappa shape index (κ2) is 4.56. The largest absolute Gasteiger partial charge is 0.296 e. The first kappa shape index (κ1) is 11.0. The van der Waals surface area contributed by atoms with Gasteiger partial charge in [-0.25, -0.2) is 4.98 Å². The maximum absolute atomic E-state index is 10.8. The Morgan fingerprint density at radius 2 is 2.13 bits per heavy atom. The van der Waals surface area contributed by atoms with E-state index in [2.05, 4.69) is 55.1 Å². The van der Waals surface area contributed by atoms with Gasteiger partial charge in [-0.15, -0.1) is 0 Å². The zero-order chi connectivity index (χ0) is 10.8. The van der Waals surface area contributed by atoms with Crippen LogP contribution < -0.4 is 0 Å². The first-order chi connectivity index (χ1) is 7.24. The number of aromatic nitrogens is 3. The van der Waals surface area contributed by atoms with Crippen LogP contribution in [-0.2, 0) is 0 Å². The summed E-state index contributed by atoms with van der Waals surface area (Å²) in [5, 5.41) is 0. The van der Waals surface area contributed by atoms with Crippen molar-refractivity contribution in [3.8, 4) is 5.69 Å². The Bertz CT molecular complexity index is 510. The molecule has 2 aromatic heterocycles. The van der Waals surface area contributed by atoms with Gasteiger partial charge in [0.15, 0.2) is 6.29 Å². The highest BCUT2D eigenvalue weighted by atomic mass is 127. The number of hydrogen-bond donors (Lipinski definition) is 0. The molecule has 0 aliphatic heterocycles. The van der Waals surface area contributed by atoms with Crippen molar-refractivity contribution in [3.63, 3.8) is 0 Å². The van der Waals surface area contributed by atoms with Gasteiger partial charge in [0.2, 0.25) is 0 Å². The molecule has 4 nitrogen and oxygen atoms in total. The third-order valence-electron chi connectivity index (χ3n) is 1.86. The summed E-state index contributed by atoms with van der Waals surface area (Å²) in [5.41, 5.74) is 1.18. The summed E-state index contributed by atoms with van der Waals surface area (Å²) in [6.45, 7) is 0. The molecule has 15 heavy (non-hydrogen) atoms. The first-order valence-electron chi connectivity index (χ1n) is 4.03. The van der Waals surface area contributed by atoms with Crippen LogP contribution in [0.4, 0.5) is 0 Å². The van der Waals surface area contributed by atoms with Crippen molar-refractivity contribution in [1.29, 1.82) is 0 Å². The lowest BCUT2D eigenvalue weighted by Crippen LogP contribution is -2.01. The summed E-state index contributed by atoms with van der Waals surface area (Å²) in [4.78, 5) is 19.0. The molecule has 0 saturated heterocycles. The molecule has 2 aromatic rings. The van der Waals surface area contributed by atoms with Gasteiger partial charge >= 0.3 is 0 Å². The molecule has 2 rings (SSSR count). The molecule has 0 bridgehead atoms. The molecule has 0 aliphatic carbocycles. The molecule has 6 heteroatoms. The van der Waals surface area contributed by atoms with E-state index in [-0.39, 0.29) is 0 Å². The van der Waals surface area contributed by atoms with Crippen LogP contribution in [0.5, 0.6) is 0 Å². The molecule has 0 unspecified atom stereocenters.